The third-order valence-corrected chi connectivity index (χ3v) is 5.98. The first-order valence-corrected chi connectivity index (χ1v) is 9.22. The van der Waals surface area contributed by atoms with Gasteiger partial charge in [-0.05, 0) is 31.4 Å². The quantitative estimate of drug-likeness (QED) is 0.908. The maximum Gasteiger partial charge on any atom is 0.306 e. The maximum atomic E-state index is 13.0. The minimum atomic E-state index is -3.83. The summed E-state index contributed by atoms with van der Waals surface area (Å²) >= 11 is 0. The Labute approximate surface area is 140 Å². The molecule has 1 atom stereocenters. The van der Waals surface area contributed by atoms with Crippen molar-refractivity contribution in [1.82, 2.24) is 9.55 Å². The van der Waals surface area contributed by atoms with Gasteiger partial charge in [0.15, 0.2) is 5.03 Å². The highest BCUT2D eigenvalue weighted by Crippen LogP contribution is 2.32. The van der Waals surface area contributed by atoms with Crippen LogP contribution < -0.4 is 4.31 Å². The third-order valence-electron chi connectivity index (χ3n) is 4.29. The Morgan fingerprint density at radius 1 is 1.38 bits per heavy atom. The molecule has 0 bridgehead atoms. The largest absolute Gasteiger partial charge is 0.481 e. The first-order chi connectivity index (χ1) is 11.4. The fourth-order valence-electron chi connectivity index (χ4n) is 2.91. The summed E-state index contributed by atoms with van der Waals surface area (Å²) in [6.45, 7) is 2.65. The number of aryl methyl sites for hydroxylation is 1. The topological polar surface area (TPSA) is 92.5 Å². The highest BCUT2D eigenvalue weighted by molar-refractivity contribution is 7.92. The first kappa shape index (κ1) is 16.5. The second-order valence-electron chi connectivity index (χ2n) is 5.78. The van der Waals surface area contributed by atoms with Crippen molar-refractivity contribution in [2.45, 2.75) is 31.3 Å². The van der Waals surface area contributed by atoms with Crippen LogP contribution in [0.25, 0.3) is 0 Å². The molecule has 1 unspecified atom stereocenters. The molecule has 8 heteroatoms. The number of aromatic nitrogens is 2. The number of para-hydroxylation sites is 1. The molecule has 7 nitrogen and oxygen atoms in total. The fraction of sp³-hybridized carbons (Fsp3) is 0.375. The van der Waals surface area contributed by atoms with Gasteiger partial charge in [0, 0.05) is 19.3 Å². The lowest BCUT2D eigenvalue weighted by Crippen LogP contribution is -2.32. The molecule has 1 aliphatic rings. The van der Waals surface area contributed by atoms with Crippen LogP contribution in [0.2, 0.25) is 0 Å². The van der Waals surface area contributed by atoms with Gasteiger partial charge in [-0.1, -0.05) is 18.2 Å². The van der Waals surface area contributed by atoms with Crippen molar-refractivity contribution >= 4 is 21.7 Å². The number of anilines is 1. The van der Waals surface area contributed by atoms with Crippen molar-refractivity contribution < 1.29 is 18.3 Å². The molecule has 0 radical (unpaired) electrons. The van der Waals surface area contributed by atoms with Crippen LogP contribution in [0.4, 0.5) is 5.69 Å². The van der Waals surface area contributed by atoms with E-state index in [-0.39, 0.29) is 18.0 Å². The summed E-state index contributed by atoms with van der Waals surface area (Å²) in [6, 6.07) is 7.05. The number of aliphatic carboxylic acids is 1. The molecule has 1 aromatic heterocycles. The molecule has 0 amide bonds. The Morgan fingerprint density at radius 2 is 2.12 bits per heavy atom. The predicted octanol–water partition coefficient (Wildman–Crippen LogP) is 1.75. The summed E-state index contributed by atoms with van der Waals surface area (Å²) in [7, 11) is -3.83. The van der Waals surface area contributed by atoms with Gasteiger partial charge in [-0.2, -0.15) is 8.42 Å². The number of carboxylic acid groups (broad SMARTS) is 1. The lowest BCUT2D eigenvalue weighted by atomic mass is 9.97. The number of rotatable bonds is 4. The van der Waals surface area contributed by atoms with Crippen molar-refractivity contribution in [2.24, 2.45) is 5.92 Å². The van der Waals surface area contributed by atoms with Crippen LogP contribution in [0.1, 0.15) is 18.9 Å². The highest BCUT2D eigenvalue weighted by Gasteiger charge is 2.33. The Kier molecular flexibility index (Phi) is 4.31. The molecule has 2 aromatic rings. The Bertz CT molecular complexity index is 860. The second-order valence-corrected chi connectivity index (χ2v) is 7.59. The molecule has 0 spiro atoms. The molecule has 2 heterocycles. The van der Waals surface area contributed by atoms with Crippen molar-refractivity contribution in [3.8, 4) is 0 Å². The SMILES string of the molecule is CCn1cnc(S(=O)(=O)N2CCC(C(=O)O)Cc3ccccc32)c1. The summed E-state index contributed by atoms with van der Waals surface area (Å²) in [5.74, 6) is -1.50. The summed E-state index contributed by atoms with van der Waals surface area (Å²) < 4.78 is 29.0. The van der Waals surface area contributed by atoms with Crippen LogP contribution >= 0.6 is 0 Å². The monoisotopic (exact) mass is 349 g/mol. The number of imidazole rings is 1. The van der Waals surface area contributed by atoms with Gasteiger partial charge in [0.1, 0.15) is 0 Å². The molecule has 0 saturated carbocycles. The Hall–Kier alpha value is -2.35. The van der Waals surface area contributed by atoms with Crippen molar-refractivity contribution in [3.05, 3.63) is 42.4 Å². The summed E-state index contributed by atoms with van der Waals surface area (Å²) in [6.07, 6.45) is 3.56. The van der Waals surface area contributed by atoms with Gasteiger partial charge in [-0.3, -0.25) is 9.10 Å². The smallest absolute Gasteiger partial charge is 0.306 e. The molecular weight excluding hydrogens is 330 g/mol. The Morgan fingerprint density at radius 3 is 2.79 bits per heavy atom. The number of nitrogens with zero attached hydrogens (tertiary/aromatic N) is 3. The normalized spacial score (nSPS) is 18.0. The highest BCUT2D eigenvalue weighted by atomic mass is 32.2. The van der Waals surface area contributed by atoms with Crippen LogP contribution in [-0.2, 0) is 27.8 Å². The number of sulfonamides is 1. The molecule has 0 aliphatic carbocycles. The number of hydrogen-bond donors (Lipinski definition) is 1. The van der Waals surface area contributed by atoms with Gasteiger partial charge in [0.05, 0.1) is 17.9 Å². The summed E-state index contributed by atoms with van der Waals surface area (Å²) in [5, 5.41) is 9.33. The number of fused-ring (bicyclic) bond motifs is 1. The van der Waals surface area contributed by atoms with Crippen molar-refractivity contribution in [3.63, 3.8) is 0 Å². The molecule has 1 N–H and O–H groups in total. The zero-order chi connectivity index (χ0) is 17.3. The molecule has 24 heavy (non-hydrogen) atoms. The average Bonchev–Trinajstić information content (AvgIpc) is 2.96. The minimum absolute atomic E-state index is 0.0204. The van der Waals surface area contributed by atoms with E-state index in [1.807, 2.05) is 6.92 Å². The number of benzene rings is 1. The molecule has 128 valence electrons. The minimum Gasteiger partial charge on any atom is -0.481 e. The fourth-order valence-corrected chi connectivity index (χ4v) is 4.36. The zero-order valence-corrected chi connectivity index (χ0v) is 14.1. The predicted molar refractivity (Wildman–Crippen MR) is 88.3 cm³/mol. The average molecular weight is 349 g/mol. The van der Waals surface area contributed by atoms with Gasteiger partial charge in [0.2, 0.25) is 0 Å². The van der Waals surface area contributed by atoms with Gasteiger partial charge in [-0.15, -0.1) is 0 Å². The van der Waals surface area contributed by atoms with E-state index in [4.69, 9.17) is 0 Å². The van der Waals surface area contributed by atoms with E-state index >= 15 is 0 Å². The van der Waals surface area contributed by atoms with Crippen molar-refractivity contribution in [1.29, 1.82) is 0 Å². The van der Waals surface area contributed by atoms with Crippen LogP contribution in [0, 0.1) is 5.92 Å². The number of hydrogen-bond acceptors (Lipinski definition) is 4. The van der Waals surface area contributed by atoms with Gasteiger partial charge in [-0.25, -0.2) is 4.98 Å². The second kappa shape index (κ2) is 6.27. The number of carboxylic acids is 1. The van der Waals surface area contributed by atoms with E-state index in [0.717, 1.165) is 5.56 Å². The molecule has 0 saturated heterocycles. The van der Waals surface area contributed by atoms with Crippen LogP contribution in [0.5, 0.6) is 0 Å². The summed E-state index contributed by atoms with van der Waals surface area (Å²) in [5.41, 5.74) is 1.26. The van der Waals surface area contributed by atoms with E-state index in [9.17, 15) is 18.3 Å². The van der Waals surface area contributed by atoms with Crippen LogP contribution in [-0.4, -0.2) is 35.6 Å². The van der Waals surface area contributed by atoms with Crippen molar-refractivity contribution in [2.75, 3.05) is 10.8 Å². The molecular formula is C16H19N3O4S. The van der Waals surface area contributed by atoms with E-state index in [1.54, 1.807) is 28.8 Å². The third kappa shape index (κ3) is 2.89. The molecule has 0 fully saturated rings. The van der Waals surface area contributed by atoms with E-state index in [1.165, 1.54) is 16.8 Å². The van der Waals surface area contributed by atoms with E-state index < -0.39 is 21.9 Å². The maximum absolute atomic E-state index is 13.0. The lowest BCUT2D eigenvalue weighted by molar-refractivity contribution is -0.141. The first-order valence-electron chi connectivity index (χ1n) is 7.78. The van der Waals surface area contributed by atoms with Gasteiger partial charge < -0.3 is 9.67 Å². The zero-order valence-electron chi connectivity index (χ0n) is 13.3. The van der Waals surface area contributed by atoms with Gasteiger partial charge in [0.25, 0.3) is 10.0 Å². The van der Waals surface area contributed by atoms with Gasteiger partial charge >= 0.3 is 5.97 Å². The molecule has 1 aliphatic heterocycles. The number of carbonyl (C=O) groups is 1. The standard InChI is InChI=1S/C16H19N3O4S/c1-2-18-10-15(17-11-18)24(22,23)19-8-7-13(16(20)21)9-12-5-3-4-6-14(12)19/h3-6,10-11,13H,2,7-9H2,1H3,(H,20,21). The molecule has 1 aromatic carbocycles. The summed E-state index contributed by atoms with van der Waals surface area (Å²) in [4.78, 5) is 15.4. The van der Waals surface area contributed by atoms with E-state index in [0.29, 0.717) is 18.7 Å². The van der Waals surface area contributed by atoms with Crippen LogP contribution in [0.15, 0.2) is 41.8 Å². The lowest BCUT2D eigenvalue weighted by Gasteiger charge is -2.23. The van der Waals surface area contributed by atoms with E-state index in [2.05, 4.69) is 4.98 Å². The molecule has 3 rings (SSSR count). The Balaban J connectivity index is 2.05. The van der Waals surface area contributed by atoms with Crippen LogP contribution in [0.3, 0.4) is 0 Å².